The van der Waals surface area contributed by atoms with Crippen LogP contribution in [-0.4, -0.2) is 10.5 Å². The fourth-order valence-corrected chi connectivity index (χ4v) is 2.61. The normalized spacial score (nSPS) is 13.4. The summed E-state index contributed by atoms with van der Waals surface area (Å²) in [4.78, 5) is 0.738. The van der Waals surface area contributed by atoms with Crippen molar-refractivity contribution in [3.8, 4) is 0 Å². The summed E-state index contributed by atoms with van der Waals surface area (Å²) < 4.78 is 16.9. The van der Waals surface area contributed by atoms with E-state index in [0.29, 0.717) is 10.8 Å². The molecule has 0 aliphatic carbocycles. The van der Waals surface area contributed by atoms with Gasteiger partial charge in [-0.05, 0) is 25.1 Å². The molecule has 1 atom stereocenters. The number of hydrogen-bond acceptors (Lipinski definition) is 2. The second-order valence-corrected chi connectivity index (χ2v) is 4.83. The van der Waals surface area contributed by atoms with E-state index in [1.807, 2.05) is 6.92 Å². The van der Waals surface area contributed by atoms with Crippen LogP contribution in [0.15, 0.2) is 27.5 Å². The fourth-order valence-electron chi connectivity index (χ4n) is 1.53. The summed E-state index contributed by atoms with van der Waals surface area (Å²) in [5.74, 6) is 0.697. The summed E-state index contributed by atoms with van der Waals surface area (Å²) in [6, 6.07) is 5.33. The minimum absolute atomic E-state index is 0.630. The second kappa shape index (κ2) is 3.41. The van der Waals surface area contributed by atoms with Gasteiger partial charge in [-0.2, -0.15) is 0 Å². The third-order valence-corrected chi connectivity index (χ3v) is 3.37. The molecule has 0 saturated carbocycles. The van der Waals surface area contributed by atoms with Crippen molar-refractivity contribution < 1.29 is 8.63 Å². The summed E-state index contributed by atoms with van der Waals surface area (Å²) in [7, 11) is -1.04. The van der Waals surface area contributed by atoms with Crippen LogP contribution in [0.4, 0.5) is 0 Å². The number of aryl methyl sites for hydroxylation is 1. The van der Waals surface area contributed by atoms with Gasteiger partial charge < -0.3 is 4.42 Å². The minimum atomic E-state index is -1.04. The zero-order valence-corrected chi connectivity index (χ0v) is 9.41. The van der Waals surface area contributed by atoms with E-state index in [0.717, 1.165) is 15.9 Å². The number of furan rings is 1. The van der Waals surface area contributed by atoms with Crippen LogP contribution < -0.4 is 0 Å². The van der Waals surface area contributed by atoms with Crippen LogP contribution in [0.2, 0.25) is 5.02 Å². The Labute approximate surface area is 89.3 Å². The van der Waals surface area contributed by atoms with Crippen LogP contribution >= 0.6 is 11.6 Å². The highest BCUT2D eigenvalue weighted by Gasteiger charge is 2.13. The van der Waals surface area contributed by atoms with Gasteiger partial charge in [0.2, 0.25) is 0 Å². The second-order valence-electron chi connectivity index (χ2n) is 3.08. The first-order valence-corrected chi connectivity index (χ1v) is 6.05. The zero-order valence-electron chi connectivity index (χ0n) is 7.83. The van der Waals surface area contributed by atoms with Crippen molar-refractivity contribution in [2.45, 2.75) is 11.8 Å². The highest BCUT2D eigenvalue weighted by Crippen LogP contribution is 2.29. The van der Waals surface area contributed by atoms with Crippen molar-refractivity contribution in [1.29, 1.82) is 0 Å². The first kappa shape index (κ1) is 9.74. The average molecular weight is 229 g/mol. The quantitative estimate of drug-likeness (QED) is 0.751. The molecule has 0 spiro atoms. The van der Waals surface area contributed by atoms with Gasteiger partial charge in [-0.25, -0.2) is 0 Å². The van der Waals surface area contributed by atoms with E-state index < -0.39 is 10.8 Å². The van der Waals surface area contributed by atoms with Crippen molar-refractivity contribution in [1.82, 2.24) is 0 Å². The van der Waals surface area contributed by atoms with Crippen LogP contribution in [0, 0.1) is 6.92 Å². The number of benzene rings is 1. The van der Waals surface area contributed by atoms with Gasteiger partial charge in [0, 0.05) is 16.7 Å². The van der Waals surface area contributed by atoms with E-state index in [1.54, 1.807) is 24.5 Å². The number of fused-ring (bicyclic) bond motifs is 1. The predicted octanol–water partition coefficient (Wildman–Crippen LogP) is 3.13. The van der Waals surface area contributed by atoms with Crippen LogP contribution in [0.1, 0.15) is 5.76 Å². The summed E-state index contributed by atoms with van der Waals surface area (Å²) in [5, 5.41) is 1.47. The maximum Gasteiger partial charge on any atom is 0.135 e. The van der Waals surface area contributed by atoms with Gasteiger partial charge in [-0.3, -0.25) is 4.21 Å². The molecular formula is C10H9ClO2S. The third-order valence-electron chi connectivity index (χ3n) is 2.06. The SMILES string of the molecule is Cc1oc2ccc(Cl)cc2c1[S@@](C)=O. The van der Waals surface area contributed by atoms with Crippen LogP contribution in [0.25, 0.3) is 11.0 Å². The van der Waals surface area contributed by atoms with E-state index in [4.69, 9.17) is 16.0 Å². The van der Waals surface area contributed by atoms with E-state index in [9.17, 15) is 4.21 Å². The molecule has 0 amide bonds. The van der Waals surface area contributed by atoms with E-state index >= 15 is 0 Å². The van der Waals surface area contributed by atoms with Gasteiger partial charge in [-0.15, -0.1) is 0 Å². The average Bonchev–Trinajstić information content (AvgIpc) is 2.40. The van der Waals surface area contributed by atoms with Crippen LogP contribution in [0.5, 0.6) is 0 Å². The number of rotatable bonds is 1. The van der Waals surface area contributed by atoms with Gasteiger partial charge >= 0.3 is 0 Å². The highest BCUT2D eigenvalue weighted by atomic mass is 35.5. The van der Waals surface area contributed by atoms with Crippen LogP contribution in [0.3, 0.4) is 0 Å². The lowest BCUT2D eigenvalue weighted by Crippen LogP contribution is -1.87. The molecule has 0 aliphatic heterocycles. The lowest BCUT2D eigenvalue weighted by Gasteiger charge is -1.93. The molecule has 0 aliphatic rings. The maximum absolute atomic E-state index is 11.5. The lowest BCUT2D eigenvalue weighted by atomic mass is 10.2. The Morgan fingerprint density at radius 1 is 1.43 bits per heavy atom. The molecule has 0 N–H and O–H groups in total. The summed E-state index contributed by atoms with van der Waals surface area (Å²) in [6.45, 7) is 1.81. The fraction of sp³-hybridized carbons (Fsp3) is 0.200. The first-order chi connectivity index (χ1) is 6.59. The number of halogens is 1. The summed E-state index contributed by atoms with van der Waals surface area (Å²) >= 11 is 5.86. The Bertz CT molecular complexity index is 516. The Morgan fingerprint density at radius 3 is 2.79 bits per heavy atom. The van der Waals surface area contributed by atoms with E-state index in [2.05, 4.69) is 0 Å². The monoisotopic (exact) mass is 228 g/mol. The molecule has 1 aromatic heterocycles. The lowest BCUT2D eigenvalue weighted by molar-refractivity contribution is 0.566. The molecular weight excluding hydrogens is 220 g/mol. The van der Waals surface area contributed by atoms with Gasteiger partial charge in [0.1, 0.15) is 11.3 Å². The molecule has 1 heterocycles. The molecule has 74 valence electrons. The number of hydrogen-bond donors (Lipinski definition) is 0. The van der Waals surface area contributed by atoms with Crippen molar-refractivity contribution in [2.75, 3.05) is 6.26 Å². The molecule has 14 heavy (non-hydrogen) atoms. The van der Waals surface area contributed by atoms with Gasteiger partial charge in [0.05, 0.1) is 15.7 Å². The largest absolute Gasteiger partial charge is 0.460 e. The molecule has 0 bridgehead atoms. The highest BCUT2D eigenvalue weighted by molar-refractivity contribution is 7.84. The topological polar surface area (TPSA) is 30.2 Å². The molecule has 2 rings (SSSR count). The predicted molar refractivity (Wildman–Crippen MR) is 58.3 cm³/mol. The zero-order chi connectivity index (χ0) is 10.3. The maximum atomic E-state index is 11.5. The Hall–Kier alpha value is -0.800. The van der Waals surface area contributed by atoms with Gasteiger partial charge in [0.25, 0.3) is 0 Å². The molecule has 0 saturated heterocycles. The van der Waals surface area contributed by atoms with E-state index in [1.165, 1.54) is 0 Å². The molecule has 0 radical (unpaired) electrons. The Balaban J connectivity index is 2.86. The standard InChI is InChI=1S/C10H9ClO2S/c1-6-10(14(2)12)8-5-7(11)3-4-9(8)13-6/h3-5H,1-2H3/t14-/m1/s1. The van der Waals surface area contributed by atoms with Crippen molar-refractivity contribution >= 4 is 33.4 Å². The van der Waals surface area contributed by atoms with Gasteiger partial charge in [-0.1, -0.05) is 11.6 Å². The molecule has 1 aromatic carbocycles. The van der Waals surface area contributed by atoms with Crippen molar-refractivity contribution in [3.05, 3.63) is 29.0 Å². The minimum Gasteiger partial charge on any atom is -0.460 e. The molecule has 0 unspecified atom stereocenters. The Morgan fingerprint density at radius 2 is 2.14 bits per heavy atom. The summed E-state index contributed by atoms with van der Waals surface area (Å²) in [5.41, 5.74) is 0.733. The third kappa shape index (κ3) is 1.47. The van der Waals surface area contributed by atoms with Crippen LogP contribution in [-0.2, 0) is 10.8 Å². The smallest absolute Gasteiger partial charge is 0.135 e. The molecule has 0 fully saturated rings. The molecule has 2 nitrogen and oxygen atoms in total. The van der Waals surface area contributed by atoms with Gasteiger partial charge in [0.15, 0.2) is 0 Å². The molecule has 2 aromatic rings. The summed E-state index contributed by atoms with van der Waals surface area (Å²) in [6.07, 6.45) is 1.64. The van der Waals surface area contributed by atoms with Crippen molar-refractivity contribution in [2.24, 2.45) is 0 Å². The molecule has 4 heteroatoms. The Kier molecular flexibility index (Phi) is 2.37. The first-order valence-electron chi connectivity index (χ1n) is 4.11. The van der Waals surface area contributed by atoms with E-state index in [-0.39, 0.29) is 0 Å². The van der Waals surface area contributed by atoms with Crippen molar-refractivity contribution in [3.63, 3.8) is 0 Å².